The van der Waals surface area contributed by atoms with E-state index < -0.39 is 5.79 Å². The third kappa shape index (κ3) is 4.32. The average molecular weight is 441 g/mol. The van der Waals surface area contributed by atoms with Gasteiger partial charge >= 0.3 is 0 Å². The van der Waals surface area contributed by atoms with Gasteiger partial charge in [0.15, 0.2) is 5.79 Å². The minimum Gasteiger partial charge on any atom is -0.297 e. The monoisotopic (exact) mass is 440 g/mol. The number of rotatable bonds is 4. The van der Waals surface area contributed by atoms with Crippen LogP contribution in [0.3, 0.4) is 0 Å². The van der Waals surface area contributed by atoms with E-state index in [1.165, 1.54) is 16.7 Å². The summed E-state index contributed by atoms with van der Waals surface area (Å²) in [5.74, 6) is 0.238. The molecular formula is C27H32N6. The lowest BCUT2D eigenvalue weighted by molar-refractivity contribution is 0.399. The molecule has 6 heteroatoms. The lowest BCUT2D eigenvalue weighted by Gasteiger charge is -2.29. The Bertz CT molecular complexity index is 1160. The minimum atomic E-state index is -0.915. The first kappa shape index (κ1) is 21.5. The highest BCUT2D eigenvalue weighted by Gasteiger charge is 2.43. The Morgan fingerprint density at radius 1 is 0.970 bits per heavy atom. The van der Waals surface area contributed by atoms with Crippen LogP contribution in [0.2, 0.25) is 0 Å². The fraction of sp³-hybridized carbons (Fsp3) is 0.296. The Morgan fingerprint density at radius 2 is 1.73 bits per heavy atom. The zero-order chi connectivity index (χ0) is 23.0. The third-order valence-corrected chi connectivity index (χ3v) is 6.50. The second kappa shape index (κ2) is 8.54. The second-order valence-electron chi connectivity index (χ2n) is 9.28. The van der Waals surface area contributed by atoms with E-state index in [0.29, 0.717) is 6.42 Å². The molecule has 2 aliphatic rings. The minimum absolute atomic E-state index is 0.0752. The van der Waals surface area contributed by atoms with E-state index in [1.54, 1.807) is 0 Å². The van der Waals surface area contributed by atoms with Crippen molar-refractivity contribution in [2.75, 3.05) is 16.6 Å². The summed E-state index contributed by atoms with van der Waals surface area (Å²) in [6, 6.07) is 27.5. The van der Waals surface area contributed by atoms with Crippen LogP contribution in [0.25, 0.3) is 0 Å². The van der Waals surface area contributed by atoms with Crippen molar-refractivity contribution in [3.63, 3.8) is 0 Å². The molecule has 3 unspecified atom stereocenters. The molecule has 0 amide bonds. The molecule has 2 fully saturated rings. The van der Waals surface area contributed by atoms with Gasteiger partial charge in [0.25, 0.3) is 0 Å². The van der Waals surface area contributed by atoms with Gasteiger partial charge in [-0.25, -0.2) is 4.99 Å². The molecule has 0 radical (unpaired) electrons. The molecule has 170 valence electrons. The van der Waals surface area contributed by atoms with Crippen LogP contribution in [0.5, 0.6) is 0 Å². The van der Waals surface area contributed by atoms with Crippen molar-refractivity contribution in [3.8, 4) is 0 Å². The number of nitrogens with two attached hydrogens (primary N) is 1. The Hall–Kier alpha value is -3.35. The summed E-state index contributed by atoms with van der Waals surface area (Å²) >= 11 is 0. The van der Waals surface area contributed by atoms with E-state index in [0.717, 1.165) is 23.8 Å². The molecule has 0 bridgehead atoms. The fourth-order valence-corrected chi connectivity index (χ4v) is 4.76. The number of amidine groups is 1. The molecular weight excluding hydrogens is 408 g/mol. The van der Waals surface area contributed by atoms with E-state index in [9.17, 15) is 0 Å². The standard InChI is InChI=1S/C27H32N6/c1-19-10-9-14-23(16-19)32-18-21(3)26(30-32)29-27(28)17-25(22-12-5-4-6-13-22)33(31-27)24-15-8-7-11-20(24)2/h4-16,21,25,31H,17-18,28H2,1-3H3,(H,29,30). The van der Waals surface area contributed by atoms with Gasteiger partial charge in [-0.3, -0.25) is 21.2 Å². The molecule has 0 aromatic heterocycles. The average Bonchev–Trinajstić information content (AvgIpc) is 3.35. The number of aryl methyl sites for hydroxylation is 2. The van der Waals surface area contributed by atoms with Crippen molar-refractivity contribution in [2.45, 2.75) is 39.0 Å². The maximum absolute atomic E-state index is 6.92. The zero-order valence-electron chi connectivity index (χ0n) is 19.5. The number of hydrogen-bond acceptors (Lipinski definition) is 5. The summed E-state index contributed by atoms with van der Waals surface area (Å²) in [5.41, 5.74) is 19.9. The van der Waals surface area contributed by atoms with Crippen molar-refractivity contribution in [3.05, 3.63) is 95.6 Å². The van der Waals surface area contributed by atoms with Gasteiger partial charge < -0.3 is 0 Å². The lowest BCUT2D eigenvalue weighted by atomic mass is 10.0. The molecule has 6 nitrogen and oxygen atoms in total. The molecule has 2 aliphatic heterocycles. The molecule has 0 aliphatic carbocycles. The maximum Gasteiger partial charge on any atom is 0.183 e. The first-order valence-electron chi connectivity index (χ1n) is 11.6. The van der Waals surface area contributed by atoms with E-state index in [1.807, 2.05) is 6.07 Å². The van der Waals surface area contributed by atoms with Crippen molar-refractivity contribution in [1.82, 2.24) is 10.9 Å². The molecule has 0 saturated carbocycles. The molecule has 2 saturated heterocycles. The summed E-state index contributed by atoms with van der Waals surface area (Å²) in [5, 5.41) is 4.34. The van der Waals surface area contributed by atoms with E-state index in [4.69, 9.17) is 10.7 Å². The largest absolute Gasteiger partial charge is 0.297 e. The summed E-state index contributed by atoms with van der Waals surface area (Å²) in [7, 11) is 0. The smallest absolute Gasteiger partial charge is 0.183 e. The van der Waals surface area contributed by atoms with Gasteiger partial charge in [0.2, 0.25) is 0 Å². The van der Waals surface area contributed by atoms with Crippen LogP contribution < -0.4 is 26.6 Å². The fourth-order valence-electron chi connectivity index (χ4n) is 4.76. The predicted octanol–water partition coefficient (Wildman–Crippen LogP) is 4.43. The number of hydrogen-bond donors (Lipinski definition) is 3. The molecule has 3 atom stereocenters. The quantitative estimate of drug-likeness (QED) is 0.560. The third-order valence-electron chi connectivity index (χ3n) is 6.50. The van der Waals surface area contributed by atoms with Crippen LogP contribution >= 0.6 is 0 Å². The molecule has 3 aromatic carbocycles. The molecule has 0 spiro atoms. The molecule has 2 heterocycles. The number of nitrogens with one attached hydrogen (secondary N) is 2. The SMILES string of the molecule is Cc1cccc(N2CC(C)C(=NC3(N)CC(c4ccccc4)N(c4ccccc4C)N3)N2)c1. The molecule has 33 heavy (non-hydrogen) atoms. The van der Waals surface area contributed by atoms with Crippen LogP contribution in [0.15, 0.2) is 83.9 Å². The first-order chi connectivity index (χ1) is 15.9. The van der Waals surface area contributed by atoms with Crippen molar-refractivity contribution >= 4 is 17.2 Å². The molecule has 5 rings (SSSR count). The topological polar surface area (TPSA) is 68.9 Å². The molecule has 4 N–H and O–H groups in total. The normalized spacial score (nSPS) is 26.1. The van der Waals surface area contributed by atoms with Crippen molar-refractivity contribution in [1.29, 1.82) is 0 Å². The van der Waals surface area contributed by atoms with E-state index in [2.05, 4.69) is 114 Å². The van der Waals surface area contributed by atoms with Gasteiger partial charge in [-0.1, -0.05) is 67.6 Å². The van der Waals surface area contributed by atoms with E-state index >= 15 is 0 Å². The van der Waals surface area contributed by atoms with Gasteiger partial charge in [-0.15, -0.1) is 0 Å². The highest BCUT2D eigenvalue weighted by Crippen LogP contribution is 2.39. The Labute approximate surface area is 196 Å². The highest BCUT2D eigenvalue weighted by molar-refractivity contribution is 5.89. The number of hydrazine groups is 2. The van der Waals surface area contributed by atoms with Crippen LogP contribution in [-0.4, -0.2) is 18.2 Å². The molecule has 3 aromatic rings. The number of aliphatic imine (C=N–C) groups is 1. The van der Waals surface area contributed by atoms with Gasteiger partial charge in [0.05, 0.1) is 17.4 Å². The van der Waals surface area contributed by atoms with Gasteiger partial charge in [-0.05, 0) is 48.7 Å². The Morgan fingerprint density at radius 3 is 2.48 bits per heavy atom. The van der Waals surface area contributed by atoms with Gasteiger partial charge in [0, 0.05) is 18.9 Å². The number of anilines is 2. The maximum atomic E-state index is 6.92. The summed E-state index contributed by atoms with van der Waals surface area (Å²) in [6.07, 6.45) is 0.660. The van der Waals surface area contributed by atoms with Crippen LogP contribution in [0.1, 0.15) is 36.1 Å². The highest BCUT2D eigenvalue weighted by atomic mass is 15.6. The number of para-hydroxylation sites is 1. The van der Waals surface area contributed by atoms with Crippen molar-refractivity contribution in [2.24, 2.45) is 16.6 Å². The Kier molecular flexibility index (Phi) is 5.56. The summed E-state index contributed by atoms with van der Waals surface area (Å²) in [6.45, 7) is 7.27. The van der Waals surface area contributed by atoms with Crippen LogP contribution in [0, 0.1) is 19.8 Å². The zero-order valence-corrected chi connectivity index (χ0v) is 19.5. The Balaban J connectivity index is 1.45. The van der Waals surface area contributed by atoms with Gasteiger partial charge in [-0.2, -0.15) is 5.43 Å². The lowest BCUT2D eigenvalue weighted by Crippen LogP contribution is -2.53. The second-order valence-corrected chi connectivity index (χ2v) is 9.28. The van der Waals surface area contributed by atoms with E-state index in [-0.39, 0.29) is 12.0 Å². The first-order valence-corrected chi connectivity index (χ1v) is 11.6. The number of nitrogens with zero attached hydrogens (tertiary/aromatic N) is 3. The predicted molar refractivity (Wildman–Crippen MR) is 136 cm³/mol. The number of benzene rings is 3. The van der Waals surface area contributed by atoms with Crippen molar-refractivity contribution < 1.29 is 0 Å². The van der Waals surface area contributed by atoms with Crippen LogP contribution in [0.4, 0.5) is 11.4 Å². The van der Waals surface area contributed by atoms with Crippen LogP contribution in [-0.2, 0) is 0 Å². The van der Waals surface area contributed by atoms with Gasteiger partial charge in [0.1, 0.15) is 5.84 Å². The summed E-state index contributed by atoms with van der Waals surface area (Å²) in [4.78, 5) is 5.06. The summed E-state index contributed by atoms with van der Waals surface area (Å²) < 4.78 is 0.